The lowest BCUT2D eigenvalue weighted by Gasteiger charge is -2.14. The summed E-state index contributed by atoms with van der Waals surface area (Å²) in [6, 6.07) is 13.2. The van der Waals surface area contributed by atoms with Crippen LogP contribution in [0, 0.1) is 5.41 Å². The number of halogens is 1. The minimum Gasteiger partial charge on any atom is -0.489 e. The van der Waals surface area contributed by atoms with Crippen LogP contribution in [0.4, 0.5) is 0 Å². The first kappa shape index (κ1) is 23.6. The molecule has 1 aromatic heterocycles. The van der Waals surface area contributed by atoms with E-state index in [0.717, 1.165) is 5.56 Å². The van der Waals surface area contributed by atoms with E-state index in [1.54, 1.807) is 42.7 Å². The van der Waals surface area contributed by atoms with E-state index < -0.39 is 5.91 Å². The van der Waals surface area contributed by atoms with Crippen LogP contribution in [0.25, 0.3) is 0 Å². The molecule has 170 valence electrons. The number of rotatable bonds is 10. The number of nitrogens with zero attached hydrogens (tertiary/aromatic N) is 1. The molecule has 0 bridgehead atoms. The Morgan fingerprint density at radius 2 is 1.88 bits per heavy atom. The van der Waals surface area contributed by atoms with Crippen molar-refractivity contribution in [3.63, 3.8) is 0 Å². The fourth-order valence-electron chi connectivity index (χ4n) is 2.86. The molecule has 0 saturated carbocycles. The number of carbonyl (C=O) groups excluding carboxylic acids is 2. The van der Waals surface area contributed by atoms with Crippen LogP contribution in [0.1, 0.15) is 27.0 Å². The molecule has 9 nitrogen and oxygen atoms in total. The van der Waals surface area contributed by atoms with E-state index in [-0.39, 0.29) is 37.3 Å². The molecule has 2 amide bonds. The molecule has 0 unspecified atom stereocenters. The highest BCUT2D eigenvalue weighted by Crippen LogP contribution is 2.23. The Hall–Kier alpha value is -4.11. The van der Waals surface area contributed by atoms with Gasteiger partial charge in [0.25, 0.3) is 11.8 Å². The summed E-state index contributed by atoms with van der Waals surface area (Å²) < 4.78 is 11.2. The Morgan fingerprint density at radius 1 is 1.06 bits per heavy atom. The second-order valence-electron chi connectivity index (χ2n) is 7.00. The van der Waals surface area contributed by atoms with Crippen molar-refractivity contribution in [2.45, 2.75) is 13.2 Å². The van der Waals surface area contributed by atoms with Gasteiger partial charge in [-0.05, 0) is 30.3 Å². The number of nitrogen functional groups attached to an aromatic ring is 1. The first-order chi connectivity index (χ1) is 15.8. The Morgan fingerprint density at radius 3 is 2.58 bits per heavy atom. The lowest BCUT2D eigenvalue weighted by Crippen LogP contribution is -2.24. The predicted octanol–water partition coefficient (Wildman–Crippen LogP) is 2.39. The summed E-state index contributed by atoms with van der Waals surface area (Å²) in [5.41, 5.74) is 12.8. The number of hydrogen-bond acceptors (Lipinski definition) is 6. The summed E-state index contributed by atoms with van der Waals surface area (Å²) in [6.45, 7) is 0.00995. The second-order valence-corrected chi connectivity index (χ2v) is 7.44. The number of nitrogens with two attached hydrogens (primary N) is 2. The van der Waals surface area contributed by atoms with Crippen molar-refractivity contribution < 1.29 is 19.1 Å². The van der Waals surface area contributed by atoms with Crippen LogP contribution >= 0.6 is 11.6 Å². The Balaban J connectivity index is 1.70. The monoisotopic (exact) mass is 467 g/mol. The average molecular weight is 468 g/mol. The number of ether oxygens (including phenoxy) is 2. The fraction of sp³-hybridized carbons (Fsp3) is 0.130. The summed E-state index contributed by atoms with van der Waals surface area (Å²) in [5, 5.41) is 10.7. The first-order valence-electron chi connectivity index (χ1n) is 9.80. The van der Waals surface area contributed by atoms with E-state index in [4.69, 9.17) is 38.0 Å². The zero-order valence-corrected chi connectivity index (χ0v) is 18.3. The lowest BCUT2D eigenvalue weighted by atomic mass is 10.1. The highest BCUT2D eigenvalue weighted by molar-refractivity contribution is 6.31. The number of amidine groups is 1. The maximum Gasteiger partial charge on any atom is 0.255 e. The minimum atomic E-state index is -0.657. The topological polar surface area (TPSA) is 153 Å². The van der Waals surface area contributed by atoms with E-state index in [1.165, 1.54) is 12.1 Å². The molecule has 0 fully saturated rings. The molecular formula is C23H22ClN5O4. The Kier molecular flexibility index (Phi) is 7.82. The number of aromatic nitrogens is 1. The van der Waals surface area contributed by atoms with Crippen LogP contribution in [0.5, 0.6) is 11.5 Å². The Bertz CT molecular complexity index is 1170. The van der Waals surface area contributed by atoms with Gasteiger partial charge in [0.05, 0.1) is 0 Å². The normalized spacial score (nSPS) is 10.3. The largest absolute Gasteiger partial charge is 0.489 e. The molecule has 0 radical (unpaired) electrons. The van der Waals surface area contributed by atoms with Gasteiger partial charge in [0.2, 0.25) is 0 Å². The van der Waals surface area contributed by atoms with E-state index >= 15 is 0 Å². The molecule has 33 heavy (non-hydrogen) atoms. The van der Waals surface area contributed by atoms with Gasteiger partial charge in [-0.15, -0.1) is 0 Å². The molecule has 0 saturated heterocycles. The van der Waals surface area contributed by atoms with Gasteiger partial charge >= 0.3 is 0 Å². The number of pyridine rings is 1. The summed E-state index contributed by atoms with van der Waals surface area (Å²) in [6.07, 6.45) is 3.36. The maximum atomic E-state index is 12.7. The number of carbonyl (C=O) groups is 2. The minimum absolute atomic E-state index is 0.0868. The van der Waals surface area contributed by atoms with Gasteiger partial charge in [-0.2, -0.15) is 0 Å². The second kappa shape index (κ2) is 11.0. The molecule has 0 spiro atoms. The predicted molar refractivity (Wildman–Crippen MR) is 123 cm³/mol. The molecule has 0 aliphatic rings. The highest BCUT2D eigenvalue weighted by atomic mass is 35.5. The van der Waals surface area contributed by atoms with E-state index in [0.29, 0.717) is 27.5 Å². The van der Waals surface area contributed by atoms with Crippen molar-refractivity contribution in [2.75, 3.05) is 6.61 Å². The number of hydrogen-bond donors (Lipinski definition) is 4. The molecule has 2 aromatic carbocycles. The molecule has 0 atom stereocenters. The van der Waals surface area contributed by atoms with Crippen LogP contribution in [0.3, 0.4) is 0 Å². The van der Waals surface area contributed by atoms with Crippen LogP contribution in [-0.4, -0.2) is 29.2 Å². The molecule has 1 heterocycles. The molecule has 0 aliphatic carbocycles. The van der Waals surface area contributed by atoms with Crippen molar-refractivity contribution in [2.24, 2.45) is 11.5 Å². The van der Waals surface area contributed by atoms with Gasteiger partial charge in [0.15, 0.2) is 6.61 Å². The zero-order valence-electron chi connectivity index (χ0n) is 17.5. The van der Waals surface area contributed by atoms with Gasteiger partial charge < -0.3 is 26.3 Å². The number of nitrogens with one attached hydrogen (secondary N) is 2. The van der Waals surface area contributed by atoms with Crippen LogP contribution < -0.4 is 26.3 Å². The quantitative estimate of drug-likeness (QED) is 0.265. The number of benzene rings is 2. The van der Waals surface area contributed by atoms with Gasteiger partial charge in [-0.3, -0.25) is 20.0 Å². The molecule has 10 heteroatoms. The summed E-state index contributed by atoms with van der Waals surface area (Å²) >= 11 is 6.17. The van der Waals surface area contributed by atoms with Gasteiger partial charge in [-0.1, -0.05) is 29.8 Å². The summed E-state index contributed by atoms with van der Waals surface area (Å²) in [7, 11) is 0. The summed E-state index contributed by atoms with van der Waals surface area (Å²) in [5.74, 6) is -0.482. The molecule has 3 aromatic rings. The molecule has 3 rings (SSSR count). The third-order valence-electron chi connectivity index (χ3n) is 4.45. The fourth-order valence-corrected chi connectivity index (χ4v) is 3.08. The average Bonchev–Trinajstić information content (AvgIpc) is 2.80. The van der Waals surface area contributed by atoms with E-state index in [9.17, 15) is 9.59 Å². The van der Waals surface area contributed by atoms with Crippen molar-refractivity contribution in [1.29, 1.82) is 5.41 Å². The van der Waals surface area contributed by atoms with Crippen molar-refractivity contribution in [1.82, 2.24) is 10.3 Å². The molecule has 6 N–H and O–H groups in total. The summed E-state index contributed by atoms with van der Waals surface area (Å²) in [4.78, 5) is 27.9. The van der Waals surface area contributed by atoms with Crippen molar-refractivity contribution >= 4 is 29.3 Å². The zero-order chi connectivity index (χ0) is 23.8. The van der Waals surface area contributed by atoms with Crippen molar-refractivity contribution in [3.8, 4) is 11.5 Å². The lowest BCUT2D eigenvalue weighted by molar-refractivity contribution is -0.119. The SMILES string of the molecule is N=C(N)c1ccc(CNC(=O)c2cc(Cl)cc(OCc3cccnc3)c2)c(OCC(N)=O)c1. The molecular weight excluding hydrogens is 446 g/mol. The smallest absolute Gasteiger partial charge is 0.255 e. The van der Waals surface area contributed by atoms with Gasteiger partial charge in [-0.25, -0.2) is 0 Å². The molecule has 0 aliphatic heterocycles. The third kappa shape index (κ3) is 6.94. The third-order valence-corrected chi connectivity index (χ3v) is 4.67. The van der Waals surface area contributed by atoms with Gasteiger partial charge in [0, 0.05) is 46.2 Å². The first-order valence-corrected chi connectivity index (χ1v) is 10.2. The maximum absolute atomic E-state index is 12.7. The standard InChI is InChI=1S/C23H22ClN5O4/c24-18-6-17(7-19(9-18)32-12-14-2-1-5-28-10-14)23(31)29-11-16-4-3-15(22(26)27)8-20(16)33-13-21(25)30/h1-10H,11-13H2,(H2,25,30)(H3,26,27)(H,29,31). The van der Waals surface area contributed by atoms with Crippen molar-refractivity contribution in [3.05, 3.63) is 88.2 Å². The highest BCUT2D eigenvalue weighted by Gasteiger charge is 2.13. The van der Waals surface area contributed by atoms with Crippen LogP contribution in [0.2, 0.25) is 5.02 Å². The van der Waals surface area contributed by atoms with E-state index in [2.05, 4.69) is 10.3 Å². The van der Waals surface area contributed by atoms with Gasteiger partial charge in [0.1, 0.15) is 23.9 Å². The Labute approximate surface area is 195 Å². The van der Waals surface area contributed by atoms with Crippen LogP contribution in [-0.2, 0) is 17.9 Å². The van der Waals surface area contributed by atoms with Crippen LogP contribution in [0.15, 0.2) is 60.9 Å². The van der Waals surface area contributed by atoms with E-state index in [1.807, 2.05) is 6.07 Å². The number of primary amides is 1. The number of amides is 2.